The van der Waals surface area contributed by atoms with Crippen LogP contribution >= 0.6 is 0 Å². The van der Waals surface area contributed by atoms with Crippen molar-refractivity contribution in [2.45, 2.75) is 13.5 Å². The summed E-state index contributed by atoms with van der Waals surface area (Å²) in [4.78, 5) is 4.90. The first-order valence-corrected chi connectivity index (χ1v) is 6.72. The molecule has 0 aliphatic rings. The largest absolute Gasteiger partial charge is 0.487 e. The van der Waals surface area contributed by atoms with Gasteiger partial charge in [-0.3, -0.25) is 0 Å². The summed E-state index contributed by atoms with van der Waals surface area (Å²) < 4.78 is 5.72. The van der Waals surface area contributed by atoms with E-state index < -0.39 is 0 Å². The summed E-state index contributed by atoms with van der Waals surface area (Å²) >= 11 is 0. The lowest BCUT2D eigenvalue weighted by molar-refractivity contribution is 0.210. The molecule has 0 heterocycles. The molecular formula is C17H19NO3. The number of hydrogen-bond donors (Lipinski definition) is 1. The Labute approximate surface area is 124 Å². The van der Waals surface area contributed by atoms with Crippen LogP contribution < -0.4 is 4.74 Å². The molecule has 4 heteroatoms. The van der Waals surface area contributed by atoms with Gasteiger partial charge in [0.1, 0.15) is 25.2 Å². The van der Waals surface area contributed by atoms with Crippen LogP contribution in [0.4, 0.5) is 0 Å². The summed E-state index contributed by atoms with van der Waals surface area (Å²) in [7, 11) is 1.52. The predicted molar refractivity (Wildman–Crippen MR) is 82.6 cm³/mol. The minimum atomic E-state index is 0.0277. The Morgan fingerprint density at radius 1 is 1.14 bits per heavy atom. The maximum atomic E-state index is 9.01. The van der Waals surface area contributed by atoms with Crippen LogP contribution in [-0.2, 0) is 11.4 Å². The van der Waals surface area contributed by atoms with Gasteiger partial charge in [-0.25, -0.2) is 0 Å². The lowest BCUT2D eigenvalue weighted by Crippen LogP contribution is -2.13. The standard InChI is InChI=1S/C17H19NO3/c1-13-4-3-5-15(10-13)17(18-20-2)12-21-16-8-6-14(11-19)7-9-16/h3-10,19H,11-12H2,1-2H3/b18-17+. The van der Waals surface area contributed by atoms with Gasteiger partial charge in [0.05, 0.1) is 6.61 Å². The molecule has 0 aromatic heterocycles. The number of aliphatic hydroxyl groups excluding tert-OH is 1. The fraction of sp³-hybridized carbons (Fsp3) is 0.235. The first-order valence-electron chi connectivity index (χ1n) is 6.72. The Hall–Kier alpha value is -2.33. The van der Waals surface area contributed by atoms with Crippen LogP contribution in [0.15, 0.2) is 53.7 Å². The summed E-state index contributed by atoms with van der Waals surface area (Å²) in [5, 5.41) is 13.1. The fourth-order valence-electron chi connectivity index (χ4n) is 1.94. The molecule has 2 aromatic carbocycles. The van der Waals surface area contributed by atoms with E-state index in [1.165, 1.54) is 7.11 Å². The SMILES string of the molecule is CO/N=C(\COc1ccc(CO)cc1)c1cccc(C)c1. The number of oxime groups is 1. The van der Waals surface area contributed by atoms with E-state index in [0.717, 1.165) is 28.2 Å². The van der Waals surface area contributed by atoms with Crippen LogP contribution in [0.5, 0.6) is 5.75 Å². The minimum Gasteiger partial charge on any atom is -0.487 e. The van der Waals surface area contributed by atoms with Gasteiger partial charge in [-0.2, -0.15) is 0 Å². The van der Waals surface area contributed by atoms with Gasteiger partial charge in [0.25, 0.3) is 0 Å². The zero-order valence-electron chi connectivity index (χ0n) is 12.2. The average molecular weight is 285 g/mol. The Kier molecular flexibility index (Phi) is 5.35. The molecule has 2 rings (SSSR count). The molecule has 0 aliphatic carbocycles. The number of benzene rings is 2. The topological polar surface area (TPSA) is 51.0 Å². The summed E-state index contributed by atoms with van der Waals surface area (Å²) in [6, 6.07) is 15.3. The first-order chi connectivity index (χ1) is 10.2. The van der Waals surface area contributed by atoms with Crippen molar-refractivity contribution < 1.29 is 14.7 Å². The average Bonchev–Trinajstić information content (AvgIpc) is 2.52. The normalized spacial score (nSPS) is 11.3. The predicted octanol–water partition coefficient (Wildman–Crippen LogP) is 2.92. The second-order valence-corrected chi connectivity index (χ2v) is 4.68. The molecule has 0 aliphatic heterocycles. The third-order valence-electron chi connectivity index (χ3n) is 3.03. The van der Waals surface area contributed by atoms with Gasteiger partial charge in [-0.1, -0.05) is 41.1 Å². The van der Waals surface area contributed by atoms with Gasteiger partial charge in [-0.15, -0.1) is 0 Å². The van der Waals surface area contributed by atoms with Crippen molar-refractivity contribution in [1.82, 2.24) is 0 Å². The van der Waals surface area contributed by atoms with Crippen molar-refractivity contribution in [3.63, 3.8) is 0 Å². The molecule has 0 amide bonds. The van der Waals surface area contributed by atoms with Crippen molar-refractivity contribution in [2.75, 3.05) is 13.7 Å². The third-order valence-corrected chi connectivity index (χ3v) is 3.03. The molecule has 0 saturated carbocycles. The fourth-order valence-corrected chi connectivity index (χ4v) is 1.94. The second kappa shape index (κ2) is 7.45. The number of rotatable bonds is 6. The molecular weight excluding hydrogens is 266 g/mol. The van der Waals surface area contributed by atoms with Gasteiger partial charge in [0.2, 0.25) is 0 Å². The highest BCUT2D eigenvalue weighted by Crippen LogP contribution is 2.13. The molecule has 21 heavy (non-hydrogen) atoms. The van der Waals surface area contributed by atoms with Crippen LogP contribution in [0.1, 0.15) is 16.7 Å². The maximum Gasteiger partial charge on any atom is 0.134 e. The molecule has 0 radical (unpaired) electrons. The minimum absolute atomic E-state index is 0.0277. The van der Waals surface area contributed by atoms with E-state index in [1.54, 1.807) is 0 Å². The molecule has 1 N–H and O–H groups in total. The summed E-state index contributed by atoms with van der Waals surface area (Å²) in [5.41, 5.74) is 3.71. The zero-order chi connectivity index (χ0) is 15.1. The van der Waals surface area contributed by atoms with E-state index >= 15 is 0 Å². The quantitative estimate of drug-likeness (QED) is 0.656. The van der Waals surface area contributed by atoms with Crippen LogP contribution in [0.3, 0.4) is 0 Å². The van der Waals surface area contributed by atoms with E-state index in [0.29, 0.717) is 6.61 Å². The van der Waals surface area contributed by atoms with E-state index in [2.05, 4.69) is 5.16 Å². The highest BCUT2D eigenvalue weighted by atomic mass is 16.6. The Morgan fingerprint density at radius 2 is 1.90 bits per heavy atom. The van der Waals surface area contributed by atoms with Gasteiger partial charge < -0.3 is 14.7 Å². The van der Waals surface area contributed by atoms with Crippen LogP contribution in [-0.4, -0.2) is 24.5 Å². The third kappa shape index (κ3) is 4.33. The van der Waals surface area contributed by atoms with Crippen molar-refractivity contribution in [3.8, 4) is 5.75 Å². The van der Waals surface area contributed by atoms with Crippen molar-refractivity contribution in [1.29, 1.82) is 0 Å². The number of aliphatic hydroxyl groups is 1. The van der Waals surface area contributed by atoms with E-state index in [1.807, 2.05) is 55.5 Å². The molecule has 0 fully saturated rings. The second-order valence-electron chi connectivity index (χ2n) is 4.68. The number of ether oxygens (including phenoxy) is 1. The summed E-state index contributed by atoms with van der Waals surface area (Å²) in [6.45, 7) is 2.37. The van der Waals surface area contributed by atoms with Crippen LogP contribution in [0.25, 0.3) is 0 Å². The molecule has 2 aromatic rings. The molecule has 110 valence electrons. The maximum absolute atomic E-state index is 9.01. The monoisotopic (exact) mass is 285 g/mol. The summed E-state index contributed by atoms with van der Waals surface area (Å²) in [6.07, 6.45) is 0. The molecule has 0 saturated heterocycles. The Morgan fingerprint density at radius 3 is 2.52 bits per heavy atom. The van der Waals surface area contributed by atoms with Crippen LogP contribution in [0.2, 0.25) is 0 Å². The Balaban J connectivity index is 2.08. The van der Waals surface area contributed by atoms with E-state index in [9.17, 15) is 0 Å². The van der Waals surface area contributed by atoms with E-state index in [-0.39, 0.29) is 6.61 Å². The zero-order valence-corrected chi connectivity index (χ0v) is 12.2. The van der Waals surface area contributed by atoms with Gasteiger partial charge in [0, 0.05) is 5.56 Å². The van der Waals surface area contributed by atoms with Gasteiger partial charge in [0.15, 0.2) is 0 Å². The van der Waals surface area contributed by atoms with Gasteiger partial charge >= 0.3 is 0 Å². The highest BCUT2D eigenvalue weighted by Gasteiger charge is 2.06. The van der Waals surface area contributed by atoms with E-state index in [4.69, 9.17) is 14.7 Å². The number of aryl methyl sites for hydroxylation is 1. The molecule has 0 atom stereocenters. The molecule has 0 bridgehead atoms. The Bertz CT molecular complexity index is 606. The van der Waals surface area contributed by atoms with Crippen molar-refractivity contribution >= 4 is 5.71 Å². The number of hydrogen-bond acceptors (Lipinski definition) is 4. The van der Waals surface area contributed by atoms with Crippen LogP contribution in [0, 0.1) is 6.92 Å². The molecule has 4 nitrogen and oxygen atoms in total. The highest BCUT2D eigenvalue weighted by molar-refractivity contribution is 6.01. The number of nitrogens with zero attached hydrogens (tertiary/aromatic N) is 1. The smallest absolute Gasteiger partial charge is 0.134 e. The molecule has 0 unspecified atom stereocenters. The van der Waals surface area contributed by atoms with Crippen molar-refractivity contribution in [2.24, 2.45) is 5.16 Å². The first kappa shape index (κ1) is 15.1. The lowest BCUT2D eigenvalue weighted by atomic mass is 10.1. The van der Waals surface area contributed by atoms with Crippen molar-refractivity contribution in [3.05, 3.63) is 65.2 Å². The van der Waals surface area contributed by atoms with Gasteiger partial charge in [-0.05, 0) is 30.7 Å². The summed E-state index contributed by atoms with van der Waals surface area (Å²) in [5.74, 6) is 0.726. The molecule has 0 spiro atoms. The lowest BCUT2D eigenvalue weighted by Gasteiger charge is -2.09.